The summed E-state index contributed by atoms with van der Waals surface area (Å²) >= 11 is 1.61. The molecule has 5 aromatic rings. The maximum atomic E-state index is 13.7. The van der Waals surface area contributed by atoms with E-state index in [1.807, 2.05) is 43.7 Å². The van der Waals surface area contributed by atoms with E-state index in [-0.39, 0.29) is 41.7 Å². The van der Waals surface area contributed by atoms with Crippen molar-refractivity contribution in [1.29, 1.82) is 0 Å². The Hall–Kier alpha value is -5.70. The topological polar surface area (TPSA) is 175 Å². The maximum absolute atomic E-state index is 13.7. The van der Waals surface area contributed by atoms with Gasteiger partial charge < -0.3 is 39.9 Å². The van der Waals surface area contributed by atoms with Gasteiger partial charge >= 0.3 is 12.2 Å². The molecular weight excluding hydrogens is 769 g/mol. The van der Waals surface area contributed by atoms with Crippen molar-refractivity contribution in [3.05, 3.63) is 72.4 Å². The number of fused-ring (bicyclic) bond motifs is 1. The molecule has 7 rings (SSSR count). The van der Waals surface area contributed by atoms with E-state index in [1.165, 1.54) is 14.2 Å². The van der Waals surface area contributed by atoms with Crippen LogP contribution in [-0.4, -0.2) is 93.1 Å². The number of benzene rings is 2. The smallest absolute Gasteiger partial charge is 0.407 e. The summed E-state index contributed by atoms with van der Waals surface area (Å²) in [4.78, 5) is 73.8. The van der Waals surface area contributed by atoms with Gasteiger partial charge in [-0.25, -0.2) is 19.6 Å². The minimum Gasteiger partial charge on any atom is -0.453 e. The lowest BCUT2D eigenvalue weighted by Gasteiger charge is -2.31. The van der Waals surface area contributed by atoms with Crippen molar-refractivity contribution in [2.75, 3.05) is 27.3 Å². The number of thiophene rings is 1. The summed E-state index contributed by atoms with van der Waals surface area (Å²) in [5.74, 6) is 1.48. The second-order valence-corrected chi connectivity index (χ2v) is 17.6. The summed E-state index contributed by atoms with van der Waals surface area (Å²) in [7, 11) is 2.59. The zero-order chi connectivity index (χ0) is 42.1. The summed E-state index contributed by atoms with van der Waals surface area (Å²) in [5.41, 5.74) is 6.03. The summed E-state index contributed by atoms with van der Waals surface area (Å²) in [5, 5.41) is 5.43. The largest absolute Gasteiger partial charge is 0.453 e. The molecule has 0 aliphatic carbocycles. The quantitative estimate of drug-likeness (QED) is 0.104. The van der Waals surface area contributed by atoms with Gasteiger partial charge in [0.1, 0.15) is 28.6 Å². The molecule has 59 heavy (non-hydrogen) atoms. The number of H-pyrrole nitrogens is 2. The Balaban J connectivity index is 1.02. The van der Waals surface area contributed by atoms with Crippen molar-refractivity contribution in [3.63, 3.8) is 0 Å². The third-order valence-electron chi connectivity index (χ3n) is 11.6. The van der Waals surface area contributed by atoms with Crippen LogP contribution in [-0.2, 0) is 19.1 Å². The van der Waals surface area contributed by atoms with Gasteiger partial charge in [0.25, 0.3) is 0 Å². The minimum absolute atomic E-state index is 0.107. The van der Waals surface area contributed by atoms with E-state index in [4.69, 9.17) is 19.4 Å². The van der Waals surface area contributed by atoms with Gasteiger partial charge in [-0.2, -0.15) is 0 Å². The first kappa shape index (κ1) is 41.5. The number of hydrogen-bond donors (Lipinski definition) is 4. The number of hydrogen-bond acceptors (Lipinski definition) is 9. The summed E-state index contributed by atoms with van der Waals surface area (Å²) in [6, 6.07) is 17.1. The fourth-order valence-electron chi connectivity index (χ4n) is 8.35. The van der Waals surface area contributed by atoms with Crippen LogP contribution in [0.3, 0.4) is 0 Å². The molecule has 0 saturated carbocycles. The Labute approximate surface area is 348 Å². The third-order valence-corrected chi connectivity index (χ3v) is 12.7. The molecule has 6 atom stereocenters. The zero-order valence-corrected chi connectivity index (χ0v) is 35.7. The van der Waals surface area contributed by atoms with E-state index < -0.39 is 24.3 Å². The monoisotopic (exact) mass is 822 g/mol. The number of likely N-dealkylation sites (tertiary alicyclic amines) is 2. The molecule has 14 nitrogen and oxygen atoms in total. The molecule has 3 aromatic heterocycles. The lowest BCUT2D eigenvalue weighted by Crippen LogP contribution is -2.51. The molecule has 15 heteroatoms. The normalized spacial score (nSPS) is 20.3. The third kappa shape index (κ3) is 8.56. The molecular formula is C44H54N8O6S. The van der Waals surface area contributed by atoms with Gasteiger partial charge in [-0.1, -0.05) is 90.1 Å². The number of ether oxygens (including phenoxy) is 2. The average Bonchev–Trinajstić information content (AvgIpc) is 4.07. The molecule has 4 N–H and O–H groups in total. The highest BCUT2D eigenvalue weighted by molar-refractivity contribution is 7.21. The van der Waals surface area contributed by atoms with Gasteiger partial charge in [-0.3, -0.25) is 9.59 Å². The van der Waals surface area contributed by atoms with Crippen LogP contribution in [0.1, 0.15) is 78.1 Å². The van der Waals surface area contributed by atoms with Crippen LogP contribution in [0.4, 0.5) is 9.59 Å². The number of nitrogens with one attached hydrogen (secondary N) is 4. The zero-order valence-electron chi connectivity index (χ0n) is 34.9. The van der Waals surface area contributed by atoms with Gasteiger partial charge in [-0.05, 0) is 64.8 Å². The van der Waals surface area contributed by atoms with Crippen molar-refractivity contribution in [3.8, 4) is 32.8 Å². The van der Waals surface area contributed by atoms with Crippen molar-refractivity contribution in [1.82, 2.24) is 40.4 Å². The predicted octanol–water partition coefficient (Wildman–Crippen LogP) is 7.93. The highest BCUT2D eigenvalue weighted by Crippen LogP contribution is 2.40. The second-order valence-electron chi connectivity index (χ2n) is 16.6. The average molecular weight is 823 g/mol. The van der Waals surface area contributed by atoms with Crippen molar-refractivity contribution >= 4 is 45.7 Å². The summed E-state index contributed by atoms with van der Waals surface area (Å²) in [6.45, 7) is 13.1. The van der Waals surface area contributed by atoms with Crippen LogP contribution in [0.15, 0.2) is 60.8 Å². The molecule has 2 aliphatic heterocycles. The molecule has 2 fully saturated rings. The van der Waals surface area contributed by atoms with Gasteiger partial charge in [0.15, 0.2) is 0 Å². The van der Waals surface area contributed by atoms with Gasteiger partial charge in [0, 0.05) is 18.0 Å². The highest BCUT2D eigenvalue weighted by atomic mass is 32.1. The first-order valence-electron chi connectivity index (χ1n) is 20.3. The molecule has 2 saturated heterocycles. The lowest BCUT2D eigenvalue weighted by atomic mass is 10.00. The Morgan fingerprint density at radius 1 is 0.780 bits per heavy atom. The number of carbonyl (C=O) groups is 4. The maximum Gasteiger partial charge on any atom is 0.407 e. The Morgan fingerprint density at radius 3 is 1.90 bits per heavy atom. The van der Waals surface area contributed by atoms with E-state index >= 15 is 0 Å². The Morgan fingerprint density at radius 2 is 1.34 bits per heavy atom. The molecule has 2 aliphatic rings. The van der Waals surface area contributed by atoms with Crippen LogP contribution < -0.4 is 10.6 Å². The van der Waals surface area contributed by atoms with Crippen molar-refractivity contribution in [2.45, 2.75) is 78.6 Å². The van der Waals surface area contributed by atoms with Gasteiger partial charge in [0.05, 0.1) is 43.7 Å². The number of nitrogens with zero attached hydrogens (tertiary/aromatic N) is 4. The molecule has 0 radical (unpaired) electrons. The predicted molar refractivity (Wildman–Crippen MR) is 227 cm³/mol. The van der Waals surface area contributed by atoms with Crippen molar-refractivity contribution < 1.29 is 28.7 Å². The van der Waals surface area contributed by atoms with Gasteiger partial charge in [0.2, 0.25) is 11.8 Å². The van der Waals surface area contributed by atoms with Crippen LogP contribution in [0.2, 0.25) is 0 Å². The number of methoxy groups -OCH3 is 2. The van der Waals surface area contributed by atoms with E-state index in [2.05, 4.69) is 89.0 Å². The van der Waals surface area contributed by atoms with Gasteiger partial charge in [-0.15, -0.1) is 11.3 Å². The minimum atomic E-state index is -0.697. The lowest BCUT2D eigenvalue weighted by molar-refractivity contribution is -0.136. The first-order chi connectivity index (χ1) is 28.3. The molecule has 312 valence electrons. The number of alkyl carbamates (subject to hydrolysis) is 2. The fourth-order valence-corrected chi connectivity index (χ4v) is 9.35. The van der Waals surface area contributed by atoms with Crippen molar-refractivity contribution in [2.24, 2.45) is 23.7 Å². The number of imidazole rings is 2. The molecule has 0 spiro atoms. The Bertz CT molecular complexity index is 2270. The molecule has 4 amide bonds. The molecule has 2 aromatic carbocycles. The molecule has 0 unspecified atom stereocenters. The number of carbonyl (C=O) groups excluding carboxylic acids is 4. The molecule has 5 heterocycles. The van der Waals surface area contributed by atoms with E-state index in [1.54, 1.807) is 11.3 Å². The highest BCUT2D eigenvalue weighted by Gasteiger charge is 2.42. The summed E-state index contributed by atoms with van der Waals surface area (Å²) in [6.07, 6.45) is 2.19. The molecule has 0 bridgehead atoms. The number of amides is 4. The van der Waals surface area contributed by atoms with Crippen LogP contribution in [0.25, 0.3) is 43.2 Å². The van der Waals surface area contributed by atoms with Crippen LogP contribution >= 0.6 is 11.3 Å². The SMILES string of the molecule is COC(=O)N[C@H](C(=O)N1C[C@H](C)C[C@@H]1c1nc2sc(-c3ccc(-c4ccc(-c5cnc([C@@H]6[C@H](C)CCN6C(=O)[C@H](NC(=O)OC)C(C)C)[nH]5)cc4)cc3)cc2[nH]1)C(C)C. The fraction of sp³-hybridized carbons (Fsp3) is 0.455. The van der Waals surface area contributed by atoms with E-state index in [0.717, 1.165) is 67.7 Å². The Kier molecular flexibility index (Phi) is 12.1. The first-order valence-corrected chi connectivity index (χ1v) is 21.1. The summed E-state index contributed by atoms with van der Waals surface area (Å²) < 4.78 is 9.57. The van der Waals surface area contributed by atoms with Crippen LogP contribution in [0.5, 0.6) is 0 Å². The van der Waals surface area contributed by atoms with Crippen LogP contribution in [0, 0.1) is 23.7 Å². The number of aromatic nitrogens is 4. The second kappa shape index (κ2) is 17.3. The van der Waals surface area contributed by atoms with E-state index in [0.29, 0.717) is 19.0 Å². The number of rotatable bonds is 11. The van der Waals surface area contributed by atoms with E-state index in [9.17, 15) is 19.2 Å². The number of aromatic amines is 2. The standard InChI is InChI=1S/C44H54N8O6S/c1-23(2)35(48-43(55)57-7)41(53)51-18-17-26(6)37(51)39-45-21-32(47-39)29-13-9-27(10-14-29)28-11-15-30(16-12-28)34-20-31-40(59-34)50-38(46-31)33-19-25(5)22-52(33)42(54)36(24(3)4)49-44(56)58-8/h9-16,20-21,23-26,33,35-37H,17-19,22H2,1-8H3,(H,45,47)(H,46,50)(H,48,55)(H,49,56)/t25-,26-,33-,35-,36+,37+/m1/s1.